The SMILES string of the molecule is Cc1nn(C(C)C(=O)Nc2ccc([N+](=O)[O-])cc2)cc1Cl. The molecule has 0 radical (unpaired) electrons. The van der Waals surface area contributed by atoms with Crippen LogP contribution in [0.2, 0.25) is 5.02 Å². The number of halogens is 1. The molecule has 1 aromatic carbocycles. The van der Waals surface area contributed by atoms with Crippen LogP contribution in [0.3, 0.4) is 0 Å². The lowest BCUT2D eigenvalue weighted by Gasteiger charge is -2.12. The number of anilines is 1. The number of aromatic nitrogens is 2. The van der Waals surface area contributed by atoms with Gasteiger partial charge in [-0.15, -0.1) is 0 Å². The second-order valence-corrected chi connectivity index (χ2v) is 4.92. The third-order valence-corrected chi connectivity index (χ3v) is 3.35. The molecule has 110 valence electrons. The van der Waals surface area contributed by atoms with Crippen LogP contribution in [0.4, 0.5) is 11.4 Å². The molecule has 1 amide bonds. The van der Waals surface area contributed by atoms with Crippen LogP contribution in [0, 0.1) is 17.0 Å². The molecule has 2 rings (SSSR count). The molecule has 0 saturated carbocycles. The molecule has 1 N–H and O–H groups in total. The van der Waals surface area contributed by atoms with E-state index in [1.165, 1.54) is 28.9 Å². The van der Waals surface area contributed by atoms with Gasteiger partial charge in [0.05, 0.1) is 15.6 Å². The normalized spacial score (nSPS) is 12.0. The van der Waals surface area contributed by atoms with Gasteiger partial charge in [0.25, 0.3) is 5.69 Å². The first-order chi connectivity index (χ1) is 9.88. The van der Waals surface area contributed by atoms with Crippen LogP contribution in [0.15, 0.2) is 30.5 Å². The van der Waals surface area contributed by atoms with Crippen LogP contribution in [0.1, 0.15) is 18.7 Å². The minimum atomic E-state index is -0.550. The fourth-order valence-corrected chi connectivity index (χ4v) is 1.83. The average Bonchev–Trinajstić information content (AvgIpc) is 2.78. The van der Waals surface area contributed by atoms with E-state index in [-0.39, 0.29) is 11.6 Å². The highest BCUT2D eigenvalue weighted by molar-refractivity contribution is 6.31. The Morgan fingerprint density at radius 1 is 1.43 bits per heavy atom. The van der Waals surface area contributed by atoms with E-state index in [0.29, 0.717) is 16.4 Å². The van der Waals surface area contributed by atoms with Gasteiger partial charge in [-0.25, -0.2) is 0 Å². The summed E-state index contributed by atoms with van der Waals surface area (Å²) in [6.45, 7) is 3.43. The minimum absolute atomic E-state index is 0.0319. The van der Waals surface area contributed by atoms with Crippen molar-refractivity contribution in [2.75, 3.05) is 5.32 Å². The number of nitrogens with zero attached hydrogens (tertiary/aromatic N) is 3. The van der Waals surface area contributed by atoms with Crippen molar-refractivity contribution >= 4 is 28.9 Å². The molecule has 1 atom stereocenters. The van der Waals surface area contributed by atoms with E-state index in [0.717, 1.165) is 0 Å². The molecule has 0 aliphatic heterocycles. The zero-order valence-electron chi connectivity index (χ0n) is 11.4. The number of hydrogen-bond donors (Lipinski definition) is 1. The molecule has 0 saturated heterocycles. The van der Waals surface area contributed by atoms with Crippen molar-refractivity contribution in [3.63, 3.8) is 0 Å². The van der Waals surface area contributed by atoms with Crippen LogP contribution in [-0.2, 0) is 4.79 Å². The van der Waals surface area contributed by atoms with Gasteiger partial charge in [0.15, 0.2) is 0 Å². The van der Waals surface area contributed by atoms with Crippen LogP contribution < -0.4 is 5.32 Å². The van der Waals surface area contributed by atoms with Gasteiger partial charge < -0.3 is 5.32 Å². The molecule has 21 heavy (non-hydrogen) atoms. The van der Waals surface area contributed by atoms with Crippen molar-refractivity contribution in [1.82, 2.24) is 9.78 Å². The van der Waals surface area contributed by atoms with Crippen LogP contribution in [0.5, 0.6) is 0 Å². The number of aryl methyl sites for hydroxylation is 1. The number of nitro benzene ring substituents is 1. The van der Waals surface area contributed by atoms with Gasteiger partial charge in [0.1, 0.15) is 6.04 Å². The lowest BCUT2D eigenvalue weighted by molar-refractivity contribution is -0.384. The molecule has 0 bridgehead atoms. The second-order valence-electron chi connectivity index (χ2n) is 4.51. The zero-order chi connectivity index (χ0) is 15.6. The summed E-state index contributed by atoms with van der Waals surface area (Å²) >= 11 is 5.91. The summed E-state index contributed by atoms with van der Waals surface area (Å²) in [7, 11) is 0. The first-order valence-corrected chi connectivity index (χ1v) is 6.53. The lowest BCUT2D eigenvalue weighted by Crippen LogP contribution is -2.24. The van der Waals surface area contributed by atoms with Crippen molar-refractivity contribution < 1.29 is 9.72 Å². The Morgan fingerprint density at radius 2 is 2.05 bits per heavy atom. The van der Waals surface area contributed by atoms with Crippen LogP contribution in [-0.4, -0.2) is 20.6 Å². The first-order valence-electron chi connectivity index (χ1n) is 6.15. The van der Waals surface area contributed by atoms with E-state index in [1.54, 1.807) is 20.0 Å². The number of nitro groups is 1. The fraction of sp³-hybridized carbons (Fsp3) is 0.231. The maximum atomic E-state index is 12.1. The average molecular weight is 309 g/mol. The standard InChI is InChI=1S/C13H13ClN4O3/c1-8-12(14)7-17(16-8)9(2)13(19)15-10-3-5-11(6-4-10)18(20)21/h3-7,9H,1-2H3,(H,15,19). The maximum absolute atomic E-state index is 12.1. The van der Waals surface area contributed by atoms with Crippen molar-refractivity contribution in [1.29, 1.82) is 0 Å². The maximum Gasteiger partial charge on any atom is 0.269 e. The summed E-state index contributed by atoms with van der Waals surface area (Å²) in [6.07, 6.45) is 1.58. The van der Waals surface area contributed by atoms with Crippen LogP contribution >= 0.6 is 11.6 Å². The summed E-state index contributed by atoms with van der Waals surface area (Å²) in [5.74, 6) is -0.289. The fourth-order valence-electron chi connectivity index (χ4n) is 1.69. The highest BCUT2D eigenvalue weighted by atomic mass is 35.5. The third kappa shape index (κ3) is 3.38. The van der Waals surface area contributed by atoms with Gasteiger partial charge >= 0.3 is 0 Å². The molecule has 1 unspecified atom stereocenters. The molecular formula is C13H13ClN4O3. The largest absolute Gasteiger partial charge is 0.324 e. The van der Waals surface area contributed by atoms with Crippen LogP contribution in [0.25, 0.3) is 0 Å². The molecule has 0 aliphatic rings. The number of rotatable bonds is 4. The number of nitrogens with one attached hydrogen (secondary N) is 1. The Bertz CT molecular complexity index is 662. The predicted molar refractivity (Wildman–Crippen MR) is 78.4 cm³/mol. The summed E-state index contributed by atoms with van der Waals surface area (Å²) in [6, 6.07) is 5.06. The Hall–Kier alpha value is -2.41. The van der Waals surface area contributed by atoms with Crippen molar-refractivity contribution in [3.8, 4) is 0 Å². The molecule has 0 fully saturated rings. The zero-order valence-corrected chi connectivity index (χ0v) is 12.2. The Morgan fingerprint density at radius 3 is 2.52 bits per heavy atom. The van der Waals surface area contributed by atoms with Crippen molar-refractivity contribution in [3.05, 3.63) is 51.3 Å². The van der Waals surface area contributed by atoms with E-state index >= 15 is 0 Å². The predicted octanol–water partition coefficient (Wildman–Crippen LogP) is 2.95. The highest BCUT2D eigenvalue weighted by Gasteiger charge is 2.17. The molecule has 2 aromatic rings. The summed E-state index contributed by atoms with van der Waals surface area (Å²) in [5, 5.41) is 17.9. The number of amides is 1. The van der Waals surface area contributed by atoms with E-state index < -0.39 is 11.0 Å². The van der Waals surface area contributed by atoms with E-state index in [2.05, 4.69) is 10.4 Å². The molecule has 7 nitrogen and oxygen atoms in total. The number of non-ortho nitro benzene ring substituents is 1. The Balaban J connectivity index is 2.08. The van der Waals surface area contributed by atoms with E-state index in [4.69, 9.17) is 11.6 Å². The van der Waals surface area contributed by atoms with E-state index in [1.807, 2.05) is 0 Å². The summed E-state index contributed by atoms with van der Waals surface area (Å²) in [4.78, 5) is 22.2. The number of carbonyl (C=O) groups excluding carboxylic acids is 1. The molecule has 0 aliphatic carbocycles. The summed E-state index contributed by atoms with van der Waals surface area (Å²) in [5.41, 5.74) is 1.09. The second kappa shape index (κ2) is 5.92. The molecule has 8 heteroatoms. The monoisotopic (exact) mass is 308 g/mol. The molecule has 1 heterocycles. The molecule has 0 spiro atoms. The van der Waals surface area contributed by atoms with Crippen molar-refractivity contribution in [2.24, 2.45) is 0 Å². The lowest BCUT2D eigenvalue weighted by atomic mass is 10.2. The van der Waals surface area contributed by atoms with Gasteiger partial charge in [-0.1, -0.05) is 11.6 Å². The molecule has 1 aromatic heterocycles. The van der Waals surface area contributed by atoms with Gasteiger partial charge in [0, 0.05) is 24.0 Å². The molecular weight excluding hydrogens is 296 g/mol. The smallest absolute Gasteiger partial charge is 0.269 e. The van der Waals surface area contributed by atoms with E-state index in [9.17, 15) is 14.9 Å². The quantitative estimate of drug-likeness (QED) is 0.694. The van der Waals surface area contributed by atoms with Gasteiger partial charge in [-0.05, 0) is 26.0 Å². The van der Waals surface area contributed by atoms with Gasteiger partial charge in [0.2, 0.25) is 5.91 Å². The Labute approximate surface area is 125 Å². The number of carbonyl (C=O) groups is 1. The first kappa shape index (κ1) is 15.0. The van der Waals surface area contributed by atoms with Gasteiger partial charge in [-0.2, -0.15) is 5.10 Å². The Kier molecular flexibility index (Phi) is 4.23. The highest BCUT2D eigenvalue weighted by Crippen LogP contribution is 2.19. The summed E-state index contributed by atoms with van der Waals surface area (Å²) < 4.78 is 1.47. The third-order valence-electron chi connectivity index (χ3n) is 2.98. The van der Waals surface area contributed by atoms with Crippen molar-refractivity contribution in [2.45, 2.75) is 19.9 Å². The number of hydrogen-bond acceptors (Lipinski definition) is 4. The number of benzene rings is 1. The van der Waals surface area contributed by atoms with Gasteiger partial charge in [-0.3, -0.25) is 19.6 Å². The topological polar surface area (TPSA) is 90.1 Å². The minimum Gasteiger partial charge on any atom is -0.324 e.